The first kappa shape index (κ1) is 13.6. The quantitative estimate of drug-likeness (QED) is 0.933. The molecule has 0 unspecified atom stereocenters. The number of benzene rings is 1. The maximum absolute atomic E-state index is 11.9. The Morgan fingerprint density at radius 2 is 2.16 bits per heavy atom. The van der Waals surface area contributed by atoms with E-state index in [1.54, 1.807) is 12.3 Å². The first-order chi connectivity index (χ1) is 9.08. The van der Waals surface area contributed by atoms with Crippen molar-refractivity contribution in [1.82, 2.24) is 9.78 Å². The number of aromatic nitrogens is 2. The number of nitrogens with zero attached hydrogens (tertiary/aromatic N) is 2. The zero-order valence-corrected chi connectivity index (χ0v) is 11.7. The van der Waals surface area contributed by atoms with E-state index in [9.17, 15) is 4.79 Å². The van der Waals surface area contributed by atoms with Gasteiger partial charge in [0.25, 0.3) is 0 Å². The zero-order chi connectivity index (χ0) is 13.8. The van der Waals surface area contributed by atoms with E-state index in [-0.39, 0.29) is 5.91 Å². The number of carbonyl (C=O) groups excluding carboxylic acids is 1. The van der Waals surface area contributed by atoms with Crippen LogP contribution in [0.15, 0.2) is 30.5 Å². The van der Waals surface area contributed by atoms with Gasteiger partial charge < -0.3 is 5.32 Å². The van der Waals surface area contributed by atoms with Crippen molar-refractivity contribution >= 4 is 23.2 Å². The van der Waals surface area contributed by atoms with Crippen molar-refractivity contribution < 1.29 is 4.79 Å². The number of anilines is 1. The van der Waals surface area contributed by atoms with E-state index in [1.807, 2.05) is 36.7 Å². The second kappa shape index (κ2) is 5.89. The molecular formula is C14H16ClN3O. The number of halogens is 1. The van der Waals surface area contributed by atoms with Gasteiger partial charge in [-0.1, -0.05) is 17.7 Å². The molecule has 0 saturated carbocycles. The molecule has 0 aliphatic heterocycles. The Kier molecular flexibility index (Phi) is 4.22. The molecule has 1 heterocycles. The number of aryl methyl sites for hydroxylation is 2. The molecule has 0 fully saturated rings. The Hall–Kier alpha value is -1.81. The Bertz CT molecular complexity index is 592. The first-order valence-electron chi connectivity index (χ1n) is 6.11. The van der Waals surface area contributed by atoms with Gasteiger partial charge in [0.15, 0.2) is 0 Å². The Balaban J connectivity index is 1.95. The van der Waals surface area contributed by atoms with Crippen LogP contribution in [0.5, 0.6) is 0 Å². The second-order valence-electron chi connectivity index (χ2n) is 4.41. The van der Waals surface area contributed by atoms with Crippen LogP contribution in [-0.4, -0.2) is 15.7 Å². The van der Waals surface area contributed by atoms with Crippen molar-refractivity contribution in [3.63, 3.8) is 0 Å². The Morgan fingerprint density at radius 3 is 2.84 bits per heavy atom. The summed E-state index contributed by atoms with van der Waals surface area (Å²) < 4.78 is 1.81. The third kappa shape index (κ3) is 3.35. The molecule has 1 aromatic heterocycles. The highest BCUT2D eigenvalue weighted by Crippen LogP contribution is 2.22. The summed E-state index contributed by atoms with van der Waals surface area (Å²) in [6, 6.07) is 7.39. The molecule has 0 radical (unpaired) electrons. The average Bonchev–Trinajstić information content (AvgIpc) is 2.78. The van der Waals surface area contributed by atoms with Gasteiger partial charge in [-0.2, -0.15) is 5.10 Å². The van der Waals surface area contributed by atoms with Gasteiger partial charge in [0.05, 0.1) is 0 Å². The van der Waals surface area contributed by atoms with Crippen molar-refractivity contribution in [2.24, 2.45) is 0 Å². The summed E-state index contributed by atoms with van der Waals surface area (Å²) in [4.78, 5) is 11.9. The van der Waals surface area contributed by atoms with E-state index >= 15 is 0 Å². The van der Waals surface area contributed by atoms with Gasteiger partial charge in [-0.15, -0.1) is 0 Å². The van der Waals surface area contributed by atoms with Gasteiger partial charge >= 0.3 is 0 Å². The highest BCUT2D eigenvalue weighted by molar-refractivity contribution is 6.31. The summed E-state index contributed by atoms with van der Waals surface area (Å²) in [5, 5.41) is 7.66. The van der Waals surface area contributed by atoms with E-state index in [2.05, 4.69) is 10.4 Å². The molecular weight excluding hydrogens is 262 g/mol. The van der Waals surface area contributed by atoms with Gasteiger partial charge in [-0.05, 0) is 37.6 Å². The van der Waals surface area contributed by atoms with E-state index in [1.165, 1.54) is 0 Å². The molecule has 0 bridgehead atoms. The Labute approximate surface area is 117 Å². The van der Waals surface area contributed by atoms with Crippen molar-refractivity contribution in [1.29, 1.82) is 0 Å². The molecule has 0 atom stereocenters. The van der Waals surface area contributed by atoms with E-state index in [0.29, 0.717) is 18.0 Å². The molecule has 2 aromatic rings. The molecule has 2 rings (SSSR count). The molecule has 0 aliphatic rings. The normalized spacial score (nSPS) is 10.5. The van der Waals surface area contributed by atoms with Crippen molar-refractivity contribution in [3.05, 3.63) is 46.7 Å². The monoisotopic (exact) mass is 277 g/mol. The number of hydrogen-bond donors (Lipinski definition) is 1. The minimum Gasteiger partial charge on any atom is -0.326 e. The summed E-state index contributed by atoms with van der Waals surface area (Å²) in [5.41, 5.74) is 2.69. The third-order valence-electron chi connectivity index (χ3n) is 3.02. The predicted octanol–water partition coefficient (Wildman–Crippen LogP) is 3.18. The molecule has 0 aliphatic carbocycles. The fraction of sp³-hybridized carbons (Fsp3) is 0.286. The van der Waals surface area contributed by atoms with Crippen LogP contribution in [0.25, 0.3) is 0 Å². The van der Waals surface area contributed by atoms with Crippen molar-refractivity contribution in [3.8, 4) is 0 Å². The molecule has 19 heavy (non-hydrogen) atoms. The SMILES string of the molecule is Cc1c(Cl)cccc1NC(=O)CCn1nccc1C. The summed E-state index contributed by atoms with van der Waals surface area (Å²) in [6.07, 6.45) is 2.11. The van der Waals surface area contributed by atoms with Crippen LogP contribution >= 0.6 is 11.6 Å². The number of nitrogens with one attached hydrogen (secondary N) is 1. The van der Waals surface area contributed by atoms with Gasteiger partial charge in [-0.25, -0.2) is 0 Å². The highest BCUT2D eigenvalue weighted by Gasteiger charge is 2.07. The number of hydrogen-bond acceptors (Lipinski definition) is 2. The van der Waals surface area contributed by atoms with Crippen LogP contribution in [0.2, 0.25) is 5.02 Å². The minimum absolute atomic E-state index is 0.0414. The first-order valence-corrected chi connectivity index (χ1v) is 6.49. The highest BCUT2D eigenvalue weighted by atomic mass is 35.5. The van der Waals surface area contributed by atoms with E-state index in [0.717, 1.165) is 16.9 Å². The maximum atomic E-state index is 11.9. The molecule has 0 saturated heterocycles. The molecule has 1 aromatic carbocycles. The van der Waals surface area contributed by atoms with Crippen LogP contribution in [-0.2, 0) is 11.3 Å². The van der Waals surface area contributed by atoms with Crippen LogP contribution in [0.1, 0.15) is 17.7 Å². The van der Waals surface area contributed by atoms with E-state index in [4.69, 9.17) is 11.6 Å². The van der Waals surface area contributed by atoms with Crippen LogP contribution < -0.4 is 5.32 Å². The Morgan fingerprint density at radius 1 is 1.37 bits per heavy atom. The van der Waals surface area contributed by atoms with Crippen molar-refractivity contribution in [2.75, 3.05) is 5.32 Å². The van der Waals surface area contributed by atoms with Gasteiger partial charge in [0.2, 0.25) is 5.91 Å². The molecule has 100 valence electrons. The fourth-order valence-electron chi connectivity index (χ4n) is 1.80. The number of carbonyl (C=O) groups is 1. The van der Waals surface area contributed by atoms with Crippen LogP contribution in [0, 0.1) is 13.8 Å². The van der Waals surface area contributed by atoms with Gasteiger partial charge in [0.1, 0.15) is 0 Å². The molecule has 1 N–H and O–H groups in total. The largest absolute Gasteiger partial charge is 0.326 e. The molecule has 1 amide bonds. The predicted molar refractivity (Wildman–Crippen MR) is 76.4 cm³/mol. The fourth-order valence-corrected chi connectivity index (χ4v) is 1.97. The number of amides is 1. The second-order valence-corrected chi connectivity index (χ2v) is 4.81. The van der Waals surface area contributed by atoms with Gasteiger partial charge in [0, 0.05) is 35.6 Å². The lowest BCUT2D eigenvalue weighted by Crippen LogP contribution is -2.16. The summed E-state index contributed by atoms with van der Waals surface area (Å²) in [6.45, 7) is 4.42. The average molecular weight is 278 g/mol. The van der Waals surface area contributed by atoms with E-state index < -0.39 is 0 Å². The minimum atomic E-state index is -0.0414. The lowest BCUT2D eigenvalue weighted by Gasteiger charge is -2.10. The topological polar surface area (TPSA) is 46.9 Å². The maximum Gasteiger partial charge on any atom is 0.226 e. The number of rotatable bonds is 4. The van der Waals surface area contributed by atoms with Crippen LogP contribution in [0.3, 0.4) is 0 Å². The molecule has 0 spiro atoms. The summed E-state index contributed by atoms with van der Waals surface area (Å²) >= 11 is 6.01. The van der Waals surface area contributed by atoms with Crippen molar-refractivity contribution in [2.45, 2.75) is 26.8 Å². The van der Waals surface area contributed by atoms with Crippen LogP contribution in [0.4, 0.5) is 5.69 Å². The standard InChI is InChI=1S/C14H16ClN3O/c1-10-6-8-16-18(10)9-7-14(19)17-13-5-3-4-12(15)11(13)2/h3-6,8H,7,9H2,1-2H3,(H,17,19). The lowest BCUT2D eigenvalue weighted by molar-refractivity contribution is -0.116. The summed E-state index contributed by atoms with van der Waals surface area (Å²) in [7, 11) is 0. The third-order valence-corrected chi connectivity index (χ3v) is 3.43. The smallest absolute Gasteiger partial charge is 0.226 e. The molecule has 4 nitrogen and oxygen atoms in total. The lowest BCUT2D eigenvalue weighted by atomic mass is 10.2. The van der Waals surface area contributed by atoms with Gasteiger partial charge in [-0.3, -0.25) is 9.48 Å². The summed E-state index contributed by atoms with van der Waals surface area (Å²) in [5.74, 6) is -0.0414. The molecule has 5 heteroatoms. The zero-order valence-electron chi connectivity index (χ0n) is 11.0.